The second kappa shape index (κ2) is 7.24. The van der Waals surface area contributed by atoms with Crippen molar-refractivity contribution < 1.29 is 0 Å². The average Bonchev–Trinajstić information content (AvgIpc) is 2.13. The van der Waals surface area contributed by atoms with Crippen LogP contribution in [0.2, 0.25) is 0 Å². The highest BCUT2D eigenvalue weighted by atomic mass is 14.9. The van der Waals surface area contributed by atoms with Crippen LogP contribution in [0.25, 0.3) is 0 Å². The number of nitrogens with one attached hydrogen (secondary N) is 2. The Balaban J connectivity index is 1.89. The minimum Gasteiger partial charge on any atom is -0.319 e. The Morgan fingerprint density at radius 1 is 1.29 bits per heavy atom. The van der Waals surface area contributed by atoms with Crippen LogP contribution < -0.4 is 10.6 Å². The maximum absolute atomic E-state index is 3.58. The van der Waals surface area contributed by atoms with Crippen molar-refractivity contribution in [1.82, 2.24) is 10.6 Å². The molecule has 0 aromatic carbocycles. The van der Waals surface area contributed by atoms with Gasteiger partial charge in [0.25, 0.3) is 0 Å². The Kier molecular flexibility index (Phi) is 6.20. The third-order valence-corrected chi connectivity index (χ3v) is 3.46. The summed E-state index contributed by atoms with van der Waals surface area (Å²) in [6, 6.07) is 0. The van der Waals surface area contributed by atoms with Gasteiger partial charge < -0.3 is 10.6 Å². The van der Waals surface area contributed by atoms with E-state index in [0.717, 1.165) is 18.4 Å². The maximum atomic E-state index is 3.58. The molecule has 1 fully saturated rings. The molecule has 1 atom stereocenters. The number of rotatable bonds is 8. The van der Waals surface area contributed by atoms with Gasteiger partial charge in [-0.2, -0.15) is 0 Å². The molecule has 1 unspecified atom stereocenters. The van der Waals surface area contributed by atoms with Crippen molar-refractivity contribution in [3.05, 3.63) is 0 Å². The molecule has 0 saturated heterocycles. The number of hydrogen-bond donors (Lipinski definition) is 2. The summed E-state index contributed by atoms with van der Waals surface area (Å²) in [7, 11) is 2.04. The SMILES string of the molecule is CCC(CNC)CNCCC1CCC1. The highest BCUT2D eigenvalue weighted by Gasteiger charge is 2.16. The first-order chi connectivity index (χ1) is 6.86. The highest BCUT2D eigenvalue weighted by molar-refractivity contribution is 4.71. The van der Waals surface area contributed by atoms with Crippen LogP contribution in [0.3, 0.4) is 0 Å². The zero-order valence-electron chi connectivity index (χ0n) is 9.81. The van der Waals surface area contributed by atoms with E-state index in [4.69, 9.17) is 0 Å². The van der Waals surface area contributed by atoms with Gasteiger partial charge in [0, 0.05) is 0 Å². The Hall–Kier alpha value is -0.0800. The van der Waals surface area contributed by atoms with Gasteiger partial charge >= 0.3 is 0 Å². The summed E-state index contributed by atoms with van der Waals surface area (Å²) in [5, 5.41) is 6.83. The van der Waals surface area contributed by atoms with Crippen LogP contribution in [0.5, 0.6) is 0 Å². The molecule has 0 heterocycles. The fourth-order valence-electron chi connectivity index (χ4n) is 2.04. The van der Waals surface area contributed by atoms with Gasteiger partial charge in [0.05, 0.1) is 0 Å². The summed E-state index contributed by atoms with van der Waals surface area (Å²) < 4.78 is 0. The Labute approximate surface area is 88.8 Å². The van der Waals surface area contributed by atoms with Crippen LogP contribution in [-0.2, 0) is 0 Å². The molecule has 0 radical (unpaired) electrons. The second-order valence-electron chi connectivity index (χ2n) is 4.62. The zero-order valence-corrected chi connectivity index (χ0v) is 9.81. The molecule has 1 aliphatic rings. The lowest BCUT2D eigenvalue weighted by atomic mass is 9.83. The molecule has 14 heavy (non-hydrogen) atoms. The zero-order chi connectivity index (χ0) is 10.2. The van der Waals surface area contributed by atoms with E-state index < -0.39 is 0 Å². The van der Waals surface area contributed by atoms with E-state index in [0.29, 0.717) is 0 Å². The highest BCUT2D eigenvalue weighted by Crippen LogP contribution is 2.28. The van der Waals surface area contributed by atoms with Gasteiger partial charge in [0.1, 0.15) is 0 Å². The Morgan fingerprint density at radius 3 is 2.57 bits per heavy atom. The molecule has 1 aliphatic carbocycles. The molecule has 1 rings (SSSR count). The van der Waals surface area contributed by atoms with E-state index in [-0.39, 0.29) is 0 Å². The van der Waals surface area contributed by atoms with E-state index >= 15 is 0 Å². The Morgan fingerprint density at radius 2 is 2.07 bits per heavy atom. The molecular formula is C12H26N2. The molecule has 84 valence electrons. The molecule has 2 N–H and O–H groups in total. The fourth-order valence-corrected chi connectivity index (χ4v) is 2.04. The third kappa shape index (κ3) is 4.43. The monoisotopic (exact) mass is 198 g/mol. The van der Waals surface area contributed by atoms with Crippen molar-refractivity contribution in [2.75, 3.05) is 26.7 Å². The summed E-state index contributed by atoms with van der Waals surface area (Å²) in [5.74, 6) is 1.85. The first kappa shape index (κ1) is 12.0. The van der Waals surface area contributed by atoms with E-state index in [1.807, 2.05) is 7.05 Å². The molecule has 0 aromatic heterocycles. The van der Waals surface area contributed by atoms with Gasteiger partial charge in [-0.05, 0) is 44.9 Å². The van der Waals surface area contributed by atoms with Crippen molar-refractivity contribution in [2.45, 2.75) is 39.0 Å². The van der Waals surface area contributed by atoms with Crippen LogP contribution in [0.15, 0.2) is 0 Å². The summed E-state index contributed by atoms with van der Waals surface area (Å²) in [5.41, 5.74) is 0. The van der Waals surface area contributed by atoms with Crippen molar-refractivity contribution >= 4 is 0 Å². The third-order valence-electron chi connectivity index (χ3n) is 3.46. The van der Waals surface area contributed by atoms with Gasteiger partial charge in [0.2, 0.25) is 0 Å². The summed E-state index contributed by atoms with van der Waals surface area (Å²) >= 11 is 0. The summed E-state index contributed by atoms with van der Waals surface area (Å²) in [4.78, 5) is 0. The lowest BCUT2D eigenvalue weighted by Crippen LogP contribution is -2.31. The van der Waals surface area contributed by atoms with E-state index in [9.17, 15) is 0 Å². The van der Waals surface area contributed by atoms with Crippen LogP contribution >= 0.6 is 0 Å². The van der Waals surface area contributed by atoms with Crippen LogP contribution in [-0.4, -0.2) is 26.7 Å². The molecular weight excluding hydrogens is 172 g/mol. The second-order valence-corrected chi connectivity index (χ2v) is 4.62. The minimum atomic E-state index is 0.807. The van der Waals surface area contributed by atoms with Crippen molar-refractivity contribution in [2.24, 2.45) is 11.8 Å². The summed E-state index contributed by atoms with van der Waals surface area (Å²) in [6.07, 6.45) is 7.11. The van der Waals surface area contributed by atoms with E-state index in [2.05, 4.69) is 17.6 Å². The van der Waals surface area contributed by atoms with Crippen LogP contribution in [0.1, 0.15) is 39.0 Å². The molecule has 1 saturated carbocycles. The van der Waals surface area contributed by atoms with Gasteiger partial charge in [-0.15, -0.1) is 0 Å². The maximum Gasteiger partial charge on any atom is -0.000848 e. The smallest absolute Gasteiger partial charge is 0.000848 e. The largest absolute Gasteiger partial charge is 0.319 e. The fraction of sp³-hybridized carbons (Fsp3) is 1.00. The van der Waals surface area contributed by atoms with Gasteiger partial charge in [-0.1, -0.05) is 32.6 Å². The lowest BCUT2D eigenvalue weighted by Gasteiger charge is -2.25. The molecule has 0 aliphatic heterocycles. The van der Waals surface area contributed by atoms with Gasteiger partial charge in [-0.25, -0.2) is 0 Å². The van der Waals surface area contributed by atoms with Gasteiger partial charge in [-0.3, -0.25) is 0 Å². The van der Waals surface area contributed by atoms with Crippen LogP contribution in [0, 0.1) is 11.8 Å². The van der Waals surface area contributed by atoms with Crippen molar-refractivity contribution in [3.8, 4) is 0 Å². The van der Waals surface area contributed by atoms with Gasteiger partial charge in [0.15, 0.2) is 0 Å². The standard InChI is InChI=1S/C12H26N2/c1-3-11(9-13-2)10-14-8-7-12-5-4-6-12/h11-14H,3-10H2,1-2H3. The normalized spacial score (nSPS) is 19.3. The first-order valence-electron chi connectivity index (χ1n) is 6.22. The molecule has 0 aromatic rings. The molecule has 2 heteroatoms. The molecule has 2 nitrogen and oxygen atoms in total. The number of hydrogen-bond acceptors (Lipinski definition) is 2. The Bertz CT molecular complexity index is 132. The predicted molar refractivity (Wildman–Crippen MR) is 62.5 cm³/mol. The van der Waals surface area contributed by atoms with Crippen molar-refractivity contribution in [3.63, 3.8) is 0 Å². The first-order valence-corrected chi connectivity index (χ1v) is 6.22. The molecule has 0 spiro atoms. The molecule has 0 bridgehead atoms. The van der Waals surface area contributed by atoms with Crippen LogP contribution in [0.4, 0.5) is 0 Å². The van der Waals surface area contributed by atoms with Crippen molar-refractivity contribution in [1.29, 1.82) is 0 Å². The average molecular weight is 198 g/mol. The van der Waals surface area contributed by atoms with E-state index in [1.54, 1.807) is 0 Å². The predicted octanol–water partition coefficient (Wildman–Crippen LogP) is 2.01. The topological polar surface area (TPSA) is 24.1 Å². The minimum absolute atomic E-state index is 0.807. The summed E-state index contributed by atoms with van der Waals surface area (Å²) in [6.45, 7) is 5.83. The molecule has 0 amide bonds. The van der Waals surface area contributed by atoms with E-state index in [1.165, 1.54) is 45.2 Å². The lowest BCUT2D eigenvalue weighted by molar-refractivity contribution is 0.289. The quantitative estimate of drug-likeness (QED) is 0.583.